The number of hydrogen-bond donors (Lipinski definition) is 1. The number of aromatic nitrogens is 1. The Bertz CT molecular complexity index is 535. The largest absolute Gasteiger partial charge is 0.342 e. The molecule has 2 rings (SSSR count). The molecule has 0 radical (unpaired) electrons. The molecular formula is C14H21ClN4O2S. The Morgan fingerprint density at radius 2 is 2.36 bits per heavy atom. The van der Waals surface area contributed by atoms with E-state index < -0.39 is 0 Å². The second-order valence-corrected chi connectivity index (χ2v) is 6.79. The Morgan fingerprint density at radius 1 is 1.59 bits per heavy atom. The van der Waals surface area contributed by atoms with Crippen LogP contribution in [0.4, 0.5) is 5.13 Å². The molecule has 0 saturated carbocycles. The zero-order chi connectivity index (χ0) is 16.1. The van der Waals surface area contributed by atoms with Crippen LogP contribution in [0.15, 0.2) is 5.38 Å². The van der Waals surface area contributed by atoms with E-state index in [0.29, 0.717) is 24.1 Å². The number of carbonyl (C=O) groups is 2. The summed E-state index contributed by atoms with van der Waals surface area (Å²) >= 11 is 7.04. The van der Waals surface area contributed by atoms with Crippen molar-refractivity contribution in [3.05, 3.63) is 11.1 Å². The highest BCUT2D eigenvalue weighted by molar-refractivity contribution is 7.14. The Kier molecular flexibility index (Phi) is 6.16. The van der Waals surface area contributed by atoms with E-state index in [4.69, 9.17) is 11.6 Å². The molecule has 1 aliphatic rings. The van der Waals surface area contributed by atoms with E-state index in [1.54, 1.807) is 4.90 Å². The maximum absolute atomic E-state index is 12.2. The first kappa shape index (κ1) is 17.2. The zero-order valence-corrected chi connectivity index (χ0v) is 14.4. The maximum atomic E-state index is 12.2. The minimum absolute atomic E-state index is 0.0551. The van der Waals surface area contributed by atoms with Gasteiger partial charge in [0.15, 0.2) is 5.13 Å². The van der Waals surface area contributed by atoms with Crippen molar-refractivity contribution in [2.75, 3.05) is 39.0 Å². The lowest BCUT2D eigenvalue weighted by Gasteiger charge is -2.17. The van der Waals surface area contributed by atoms with Crippen molar-refractivity contribution >= 4 is 39.9 Å². The lowest BCUT2D eigenvalue weighted by atomic mass is 10.1. The summed E-state index contributed by atoms with van der Waals surface area (Å²) in [6.45, 7) is 2.13. The van der Waals surface area contributed by atoms with Crippen molar-refractivity contribution < 1.29 is 9.59 Å². The Morgan fingerprint density at radius 3 is 3.00 bits per heavy atom. The first-order valence-electron chi connectivity index (χ1n) is 7.23. The van der Waals surface area contributed by atoms with Crippen LogP contribution in [0.25, 0.3) is 0 Å². The molecule has 1 aliphatic heterocycles. The highest BCUT2D eigenvalue weighted by Gasteiger charge is 2.34. The van der Waals surface area contributed by atoms with Gasteiger partial charge in [-0.25, -0.2) is 4.98 Å². The van der Waals surface area contributed by atoms with Crippen molar-refractivity contribution in [1.82, 2.24) is 14.8 Å². The van der Waals surface area contributed by atoms with Crippen LogP contribution in [0.2, 0.25) is 0 Å². The molecule has 1 atom stereocenters. The SMILES string of the molecule is CN(C)CCCN1CC(C(=O)Nc2nc(CCl)cs2)CC1=O. The van der Waals surface area contributed by atoms with Crippen molar-refractivity contribution in [3.8, 4) is 0 Å². The van der Waals surface area contributed by atoms with E-state index in [2.05, 4.69) is 15.2 Å². The first-order valence-corrected chi connectivity index (χ1v) is 8.64. The smallest absolute Gasteiger partial charge is 0.231 e. The van der Waals surface area contributed by atoms with Gasteiger partial charge in [0.05, 0.1) is 17.5 Å². The molecule has 1 saturated heterocycles. The number of nitrogens with zero attached hydrogens (tertiary/aromatic N) is 3. The van der Waals surface area contributed by atoms with Crippen molar-refractivity contribution in [2.24, 2.45) is 5.92 Å². The topological polar surface area (TPSA) is 65.5 Å². The average molecular weight is 345 g/mol. The van der Waals surface area contributed by atoms with Gasteiger partial charge < -0.3 is 15.1 Å². The summed E-state index contributed by atoms with van der Waals surface area (Å²) in [5, 5.41) is 5.13. The van der Waals surface area contributed by atoms with Gasteiger partial charge in [0.25, 0.3) is 0 Å². The number of rotatable bonds is 7. The molecule has 22 heavy (non-hydrogen) atoms. The van der Waals surface area contributed by atoms with Crippen molar-refractivity contribution in [3.63, 3.8) is 0 Å². The van der Waals surface area contributed by atoms with Crippen molar-refractivity contribution in [1.29, 1.82) is 0 Å². The molecule has 0 spiro atoms. The predicted octanol–water partition coefficient (Wildman–Crippen LogP) is 1.62. The van der Waals surface area contributed by atoms with Crippen LogP contribution in [0.3, 0.4) is 0 Å². The van der Waals surface area contributed by atoms with Gasteiger partial charge in [0.2, 0.25) is 11.8 Å². The van der Waals surface area contributed by atoms with Crippen LogP contribution in [0, 0.1) is 5.92 Å². The number of carbonyl (C=O) groups excluding carboxylic acids is 2. The molecule has 1 N–H and O–H groups in total. The van der Waals surface area contributed by atoms with Gasteiger partial charge in [-0.1, -0.05) is 0 Å². The fourth-order valence-electron chi connectivity index (χ4n) is 2.37. The summed E-state index contributed by atoms with van der Waals surface area (Å²) in [6.07, 6.45) is 1.19. The highest BCUT2D eigenvalue weighted by atomic mass is 35.5. The average Bonchev–Trinajstić information content (AvgIpc) is 3.06. The van der Waals surface area contributed by atoms with E-state index in [1.807, 2.05) is 19.5 Å². The van der Waals surface area contributed by atoms with Crippen LogP contribution >= 0.6 is 22.9 Å². The first-order chi connectivity index (χ1) is 10.5. The van der Waals surface area contributed by atoms with Gasteiger partial charge in [-0.3, -0.25) is 9.59 Å². The molecule has 0 aromatic carbocycles. The fraction of sp³-hybridized carbons (Fsp3) is 0.643. The van der Waals surface area contributed by atoms with Gasteiger partial charge in [-0.15, -0.1) is 22.9 Å². The van der Waals surface area contributed by atoms with E-state index >= 15 is 0 Å². The molecule has 2 amide bonds. The molecule has 8 heteroatoms. The number of amides is 2. The fourth-order valence-corrected chi connectivity index (χ4v) is 3.32. The van der Waals surface area contributed by atoms with Gasteiger partial charge in [0, 0.05) is 24.9 Å². The molecule has 122 valence electrons. The Balaban J connectivity index is 1.82. The van der Waals surface area contributed by atoms with Gasteiger partial charge in [-0.2, -0.15) is 0 Å². The Labute approximate surface area is 139 Å². The number of halogens is 1. The summed E-state index contributed by atoms with van der Waals surface area (Å²) in [5.41, 5.74) is 0.745. The lowest BCUT2D eigenvalue weighted by molar-refractivity contribution is -0.128. The van der Waals surface area contributed by atoms with Crippen LogP contribution in [-0.4, -0.2) is 60.3 Å². The number of hydrogen-bond acceptors (Lipinski definition) is 5. The molecule has 6 nitrogen and oxygen atoms in total. The van der Waals surface area contributed by atoms with Crippen LogP contribution in [-0.2, 0) is 15.5 Å². The van der Waals surface area contributed by atoms with Crippen LogP contribution < -0.4 is 5.32 Å². The monoisotopic (exact) mass is 344 g/mol. The molecule has 0 bridgehead atoms. The molecule has 1 fully saturated rings. The molecular weight excluding hydrogens is 324 g/mol. The van der Waals surface area contributed by atoms with Gasteiger partial charge >= 0.3 is 0 Å². The van der Waals surface area contributed by atoms with Crippen LogP contribution in [0.5, 0.6) is 0 Å². The summed E-state index contributed by atoms with van der Waals surface area (Å²) in [4.78, 5) is 32.3. The normalized spacial score (nSPS) is 18.3. The summed E-state index contributed by atoms with van der Waals surface area (Å²) < 4.78 is 0. The lowest BCUT2D eigenvalue weighted by Crippen LogP contribution is -2.30. The second kappa shape index (κ2) is 7.89. The van der Waals surface area contributed by atoms with E-state index in [0.717, 1.165) is 18.7 Å². The Hall–Kier alpha value is -1.18. The third-order valence-corrected chi connectivity index (χ3v) is 4.62. The van der Waals surface area contributed by atoms with Gasteiger partial charge in [0.1, 0.15) is 0 Å². The summed E-state index contributed by atoms with van der Waals surface area (Å²) in [7, 11) is 4.01. The third-order valence-electron chi connectivity index (χ3n) is 3.54. The second-order valence-electron chi connectivity index (χ2n) is 5.66. The minimum atomic E-state index is -0.296. The number of thiazole rings is 1. The maximum Gasteiger partial charge on any atom is 0.231 e. The third kappa shape index (κ3) is 4.66. The van der Waals surface area contributed by atoms with Crippen molar-refractivity contribution in [2.45, 2.75) is 18.7 Å². The predicted molar refractivity (Wildman–Crippen MR) is 88.2 cm³/mol. The molecule has 1 aromatic rings. The van der Waals surface area contributed by atoms with E-state index in [1.165, 1.54) is 11.3 Å². The van der Waals surface area contributed by atoms with Crippen LogP contribution in [0.1, 0.15) is 18.5 Å². The number of likely N-dealkylation sites (tertiary alicyclic amines) is 1. The van der Waals surface area contributed by atoms with E-state index in [-0.39, 0.29) is 24.2 Å². The number of nitrogens with one attached hydrogen (secondary N) is 1. The number of alkyl halides is 1. The molecule has 1 aromatic heterocycles. The van der Waals surface area contributed by atoms with E-state index in [9.17, 15) is 9.59 Å². The zero-order valence-electron chi connectivity index (χ0n) is 12.8. The molecule has 0 aliphatic carbocycles. The minimum Gasteiger partial charge on any atom is -0.342 e. The highest BCUT2D eigenvalue weighted by Crippen LogP contribution is 2.22. The summed E-state index contributed by atoms with van der Waals surface area (Å²) in [5.74, 6) is -0.0536. The number of anilines is 1. The quantitative estimate of drug-likeness (QED) is 0.763. The standard InChI is InChI=1S/C14H21ClN4O2S/c1-18(2)4-3-5-19-8-10(6-12(19)20)13(21)17-14-16-11(7-15)9-22-14/h9-10H,3-8H2,1-2H3,(H,16,17,21). The molecule has 1 unspecified atom stereocenters. The summed E-state index contributed by atoms with van der Waals surface area (Å²) in [6, 6.07) is 0. The molecule has 2 heterocycles. The van der Waals surface area contributed by atoms with Gasteiger partial charge in [-0.05, 0) is 27.1 Å².